The van der Waals surface area contributed by atoms with Crippen molar-refractivity contribution in [2.24, 2.45) is 5.84 Å². The molecule has 0 amide bonds. The first-order valence-corrected chi connectivity index (χ1v) is 7.44. The molecule has 1 aliphatic heterocycles. The quantitative estimate of drug-likeness (QED) is 0.590. The molecule has 106 valence electrons. The van der Waals surface area contributed by atoms with E-state index in [0.717, 1.165) is 17.4 Å². The fourth-order valence-corrected chi connectivity index (χ4v) is 2.94. The van der Waals surface area contributed by atoms with Crippen LogP contribution in [0.3, 0.4) is 0 Å². The standard InChI is InChI=1S/C9H12N8OS2/c10-16-6-13-7(17-1-3-18-4-2-17)15-8(14-6)19-9-11-5-12-20-9/h5H,1-4,10H2,(H,13,14,15,16). The topological polar surface area (TPSA) is 115 Å². The second kappa shape index (κ2) is 6.26. The van der Waals surface area contributed by atoms with Gasteiger partial charge in [-0.2, -0.15) is 19.3 Å². The van der Waals surface area contributed by atoms with E-state index in [-0.39, 0.29) is 0 Å². The van der Waals surface area contributed by atoms with Crippen molar-refractivity contribution in [3.63, 3.8) is 0 Å². The second-order valence-electron chi connectivity index (χ2n) is 3.79. The first kappa shape index (κ1) is 13.4. The first-order valence-electron chi connectivity index (χ1n) is 5.85. The number of aromatic nitrogens is 5. The first-order chi connectivity index (χ1) is 9.85. The summed E-state index contributed by atoms with van der Waals surface area (Å²) in [5.74, 6) is 6.32. The van der Waals surface area contributed by atoms with E-state index in [1.165, 1.54) is 29.6 Å². The molecule has 0 spiro atoms. The van der Waals surface area contributed by atoms with E-state index >= 15 is 0 Å². The second-order valence-corrected chi connectivity index (χ2v) is 5.79. The molecule has 3 rings (SSSR count). The molecule has 1 aliphatic rings. The van der Waals surface area contributed by atoms with E-state index in [2.05, 4.69) is 29.7 Å². The van der Waals surface area contributed by atoms with Crippen LogP contribution in [0.15, 0.2) is 15.8 Å². The van der Waals surface area contributed by atoms with Crippen LogP contribution in [0.4, 0.5) is 11.9 Å². The number of hydrogen-bond donors (Lipinski definition) is 2. The van der Waals surface area contributed by atoms with Gasteiger partial charge in [0, 0.05) is 13.1 Å². The summed E-state index contributed by atoms with van der Waals surface area (Å²) in [7, 11) is 0. The molecule has 3 heterocycles. The van der Waals surface area contributed by atoms with Crippen LogP contribution in [0.2, 0.25) is 0 Å². The predicted molar refractivity (Wildman–Crippen MR) is 74.7 cm³/mol. The fourth-order valence-electron chi connectivity index (χ4n) is 1.65. The molecule has 1 fully saturated rings. The summed E-state index contributed by atoms with van der Waals surface area (Å²) in [6.45, 7) is 2.82. The van der Waals surface area contributed by atoms with E-state index in [9.17, 15) is 0 Å². The molecule has 20 heavy (non-hydrogen) atoms. The number of rotatable bonds is 4. The lowest BCUT2D eigenvalue weighted by atomic mass is 10.4. The molecule has 0 atom stereocenters. The summed E-state index contributed by atoms with van der Waals surface area (Å²) in [6, 6.07) is 0. The lowest BCUT2D eigenvalue weighted by Crippen LogP contribution is -2.37. The molecule has 2 aromatic rings. The lowest BCUT2D eigenvalue weighted by Gasteiger charge is -2.26. The van der Waals surface area contributed by atoms with Crippen LogP contribution in [0.25, 0.3) is 0 Å². The molecule has 0 aliphatic carbocycles. The molecule has 0 unspecified atom stereocenters. The Morgan fingerprint density at radius 1 is 1.30 bits per heavy atom. The summed E-state index contributed by atoms with van der Waals surface area (Å²) in [6.07, 6.45) is 1.50. The van der Waals surface area contributed by atoms with Crippen molar-refractivity contribution in [2.75, 3.05) is 36.6 Å². The maximum Gasteiger partial charge on any atom is 0.242 e. The number of nitrogens with one attached hydrogen (secondary N) is 1. The van der Waals surface area contributed by atoms with Gasteiger partial charge >= 0.3 is 0 Å². The highest BCUT2D eigenvalue weighted by Crippen LogP contribution is 2.27. The van der Waals surface area contributed by atoms with Crippen LogP contribution < -0.4 is 16.2 Å². The molecule has 0 bridgehead atoms. The highest BCUT2D eigenvalue weighted by Gasteiger charge is 2.17. The summed E-state index contributed by atoms with van der Waals surface area (Å²) in [5.41, 5.74) is 2.46. The van der Waals surface area contributed by atoms with Gasteiger partial charge in [-0.1, -0.05) is 0 Å². The van der Waals surface area contributed by atoms with Crippen LogP contribution >= 0.6 is 23.3 Å². The molecule has 9 nitrogen and oxygen atoms in total. The van der Waals surface area contributed by atoms with Crippen LogP contribution in [0.5, 0.6) is 0 Å². The van der Waals surface area contributed by atoms with Crippen molar-refractivity contribution in [1.82, 2.24) is 24.3 Å². The zero-order chi connectivity index (χ0) is 13.8. The normalized spacial score (nSPS) is 15.3. The minimum absolute atomic E-state index is 0.327. The van der Waals surface area contributed by atoms with Crippen LogP contribution in [-0.4, -0.2) is 50.6 Å². The summed E-state index contributed by atoms with van der Waals surface area (Å²) in [5, 5.41) is 0.534. The lowest BCUT2D eigenvalue weighted by molar-refractivity contribution is 0.122. The SMILES string of the molecule is NNc1nc(Sc2ncns2)nc(N2CCOCC2)n1. The monoisotopic (exact) mass is 312 g/mol. The van der Waals surface area contributed by atoms with Crippen LogP contribution in [0, 0.1) is 0 Å². The van der Waals surface area contributed by atoms with Gasteiger partial charge in [0.15, 0.2) is 4.34 Å². The highest BCUT2D eigenvalue weighted by atomic mass is 32.2. The van der Waals surface area contributed by atoms with Gasteiger partial charge in [-0.25, -0.2) is 10.8 Å². The zero-order valence-corrected chi connectivity index (χ0v) is 12.0. The van der Waals surface area contributed by atoms with E-state index < -0.39 is 0 Å². The van der Waals surface area contributed by atoms with Gasteiger partial charge in [-0.3, -0.25) is 5.43 Å². The molecule has 3 N–H and O–H groups in total. The van der Waals surface area contributed by atoms with Gasteiger partial charge in [-0.15, -0.1) is 0 Å². The van der Waals surface area contributed by atoms with Crippen LogP contribution in [0.1, 0.15) is 0 Å². The predicted octanol–water partition coefficient (Wildman–Crippen LogP) is -0.00350. The van der Waals surface area contributed by atoms with Crippen molar-refractivity contribution in [2.45, 2.75) is 9.50 Å². The van der Waals surface area contributed by atoms with Gasteiger partial charge in [-0.05, 0) is 23.3 Å². The third kappa shape index (κ3) is 3.12. The summed E-state index contributed by atoms with van der Waals surface area (Å²) in [4.78, 5) is 19.0. The molecule has 0 aromatic carbocycles. The number of anilines is 2. The highest BCUT2D eigenvalue weighted by molar-refractivity contribution is 8.00. The molecule has 0 saturated carbocycles. The number of hydrazine groups is 1. The molecule has 0 radical (unpaired) electrons. The zero-order valence-electron chi connectivity index (χ0n) is 10.4. The van der Waals surface area contributed by atoms with E-state index in [1.807, 2.05) is 4.90 Å². The van der Waals surface area contributed by atoms with Gasteiger partial charge in [0.1, 0.15) is 6.33 Å². The Hall–Kier alpha value is -1.56. The smallest absolute Gasteiger partial charge is 0.242 e. The number of nitrogen functional groups attached to an aromatic ring is 1. The van der Waals surface area contributed by atoms with Gasteiger partial charge in [0.2, 0.25) is 17.1 Å². The minimum atomic E-state index is 0.327. The van der Waals surface area contributed by atoms with Gasteiger partial charge < -0.3 is 9.64 Å². The average Bonchev–Trinajstić information content (AvgIpc) is 3.00. The maximum atomic E-state index is 5.41. The number of ether oxygens (including phenoxy) is 1. The Morgan fingerprint density at radius 2 is 2.15 bits per heavy atom. The van der Waals surface area contributed by atoms with Crippen molar-refractivity contribution < 1.29 is 4.74 Å². The van der Waals surface area contributed by atoms with Crippen molar-refractivity contribution in [3.8, 4) is 0 Å². The minimum Gasteiger partial charge on any atom is -0.378 e. The van der Waals surface area contributed by atoms with E-state index in [4.69, 9.17) is 10.6 Å². The summed E-state index contributed by atoms with van der Waals surface area (Å²) < 4.78 is 10.0. The van der Waals surface area contributed by atoms with Gasteiger partial charge in [0.25, 0.3) is 0 Å². The summed E-state index contributed by atoms with van der Waals surface area (Å²) >= 11 is 2.62. The van der Waals surface area contributed by atoms with Crippen LogP contribution in [-0.2, 0) is 4.74 Å². The van der Waals surface area contributed by atoms with Crippen molar-refractivity contribution in [1.29, 1.82) is 0 Å². The maximum absolute atomic E-state index is 5.41. The average molecular weight is 312 g/mol. The van der Waals surface area contributed by atoms with Gasteiger partial charge in [0.05, 0.1) is 13.2 Å². The number of morpholine rings is 1. The molecule has 2 aromatic heterocycles. The molecular formula is C9H12N8OS2. The third-order valence-electron chi connectivity index (χ3n) is 2.55. The number of hydrogen-bond acceptors (Lipinski definition) is 11. The van der Waals surface area contributed by atoms with Crippen molar-refractivity contribution >= 4 is 35.2 Å². The molecular weight excluding hydrogens is 300 g/mol. The Kier molecular flexibility index (Phi) is 4.20. The van der Waals surface area contributed by atoms with E-state index in [0.29, 0.717) is 30.3 Å². The Morgan fingerprint density at radius 3 is 2.85 bits per heavy atom. The van der Waals surface area contributed by atoms with Crippen molar-refractivity contribution in [3.05, 3.63) is 6.33 Å². The molecule has 1 saturated heterocycles. The number of nitrogens with two attached hydrogens (primary N) is 1. The largest absolute Gasteiger partial charge is 0.378 e. The Labute approximate surface area is 123 Å². The Bertz CT molecular complexity index is 559. The fraction of sp³-hybridized carbons (Fsp3) is 0.444. The van der Waals surface area contributed by atoms with E-state index in [1.54, 1.807) is 0 Å². The Balaban J connectivity index is 1.85. The molecule has 11 heteroatoms. The number of nitrogens with zero attached hydrogens (tertiary/aromatic N) is 6. The third-order valence-corrected chi connectivity index (χ3v) is 4.13.